The van der Waals surface area contributed by atoms with Crippen LogP contribution in [0.25, 0.3) is 0 Å². The molecule has 2 aromatic rings. The highest BCUT2D eigenvalue weighted by Gasteiger charge is 2.25. The molecular formula is C20H27F3N6O3. The Hall–Kier alpha value is -3.28. The molecular weight excluding hydrogens is 429 g/mol. The number of aromatic nitrogens is 2. The maximum atomic E-state index is 12.5. The van der Waals surface area contributed by atoms with Crippen molar-refractivity contribution in [3.8, 4) is 5.75 Å². The van der Waals surface area contributed by atoms with Crippen LogP contribution >= 0.6 is 0 Å². The van der Waals surface area contributed by atoms with E-state index in [1.165, 1.54) is 24.3 Å². The van der Waals surface area contributed by atoms with Gasteiger partial charge in [0.25, 0.3) is 5.91 Å². The lowest BCUT2D eigenvalue weighted by Gasteiger charge is -2.09. The van der Waals surface area contributed by atoms with Crippen LogP contribution in [0, 0.1) is 0 Å². The van der Waals surface area contributed by atoms with E-state index in [-0.39, 0.29) is 30.5 Å². The number of unbranched alkanes of at least 4 members (excludes halogenated alkanes) is 1. The molecule has 1 aromatic heterocycles. The van der Waals surface area contributed by atoms with Gasteiger partial charge in [-0.25, -0.2) is 9.78 Å². The summed E-state index contributed by atoms with van der Waals surface area (Å²) in [5.41, 5.74) is 0.461. The molecule has 0 radical (unpaired) electrons. The van der Waals surface area contributed by atoms with E-state index in [1.807, 2.05) is 6.92 Å². The van der Waals surface area contributed by atoms with Crippen molar-refractivity contribution in [2.45, 2.75) is 38.9 Å². The number of amides is 3. The normalized spacial score (nSPS) is 11.2. The van der Waals surface area contributed by atoms with Gasteiger partial charge in [0.15, 0.2) is 5.82 Å². The number of aromatic hydroxyl groups is 1. The zero-order valence-electron chi connectivity index (χ0n) is 17.6. The average molecular weight is 456 g/mol. The van der Waals surface area contributed by atoms with Crippen LogP contribution in [0.15, 0.2) is 30.5 Å². The minimum Gasteiger partial charge on any atom is -0.508 e. The minimum atomic E-state index is -4.27. The molecule has 0 aliphatic carbocycles. The summed E-state index contributed by atoms with van der Waals surface area (Å²) in [5, 5.41) is 19.3. The Bertz CT molecular complexity index is 884. The fourth-order valence-corrected chi connectivity index (χ4v) is 2.70. The zero-order chi connectivity index (χ0) is 23.6. The second kappa shape index (κ2) is 11.9. The molecule has 176 valence electrons. The van der Waals surface area contributed by atoms with Crippen molar-refractivity contribution in [2.75, 3.05) is 30.3 Å². The zero-order valence-corrected chi connectivity index (χ0v) is 17.6. The lowest BCUT2D eigenvalue weighted by atomic mass is 10.3. The number of carbonyl (C=O) groups excluding carboxylic acids is 2. The van der Waals surface area contributed by atoms with Gasteiger partial charge in [-0.05, 0) is 43.7 Å². The lowest BCUT2D eigenvalue weighted by molar-refractivity contribution is -0.124. The predicted octanol–water partition coefficient (Wildman–Crippen LogP) is 3.30. The predicted molar refractivity (Wildman–Crippen MR) is 114 cm³/mol. The number of halogens is 3. The molecule has 2 rings (SSSR count). The summed E-state index contributed by atoms with van der Waals surface area (Å²) < 4.78 is 37.9. The van der Waals surface area contributed by atoms with E-state index in [1.54, 1.807) is 10.8 Å². The van der Waals surface area contributed by atoms with Crippen molar-refractivity contribution >= 4 is 23.4 Å². The van der Waals surface area contributed by atoms with Gasteiger partial charge in [-0.15, -0.1) is 0 Å². The van der Waals surface area contributed by atoms with E-state index >= 15 is 0 Å². The smallest absolute Gasteiger partial charge is 0.401 e. The number of carbonyl (C=O) groups is 2. The number of phenols is 1. The van der Waals surface area contributed by atoms with Gasteiger partial charge in [0.05, 0.1) is 6.54 Å². The molecule has 0 bridgehead atoms. The summed E-state index contributed by atoms with van der Waals surface area (Å²) in [7, 11) is 0. The van der Waals surface area contributed by atoms with E-state index in [0.717, 1.165) is 12.8 Å². The van der Waals surface area contributed by atoms with Gasteiger partial charge in [0.2, 0.25) is 5.82 Å². The third-order valence-corrected chi connectivity index (χ3v) is 4.24. The number of imidazole rings is 1. The standard InChI is InChI=1S/C20H27F3N6O3/c1-2-3-11-29-12-16(28-19(32)26-14-5-7-15(30)8-6-14)27-17(29)18(31)25-10-4-9-24-13-20(21,22)23/h5-8,12,24,30H,2-4,9-11,13H2,1H3,(H,25,31)(H2,26,28,32). The fourth-order valence-electron chi connectivity index (χ4n) is 2.70. The number of anilines is 2. The number of phenolic OH excluding ortho intramolecular Hbond substituents is 1. The molecule has 32 heavy (non-hydrogen) atoms. The molecule has 1 heterocycles. The van der Waals surface area contributed by atoms with E-state index in [0.29, 0.717) is 18.7 Å². The molecule has 0 aliphatic rings. The average Bonchev–Trinajstić information content (AvgIpc) is 3.12. The third kappa shape index (κ3) is 8.84. The summed E-state index contributed by atoms with van der Waals surface area (Å²) in [4.78, 5) is 28.9. The largest absolute Gasteiger partial charge is 0.508 e. The maximum absolute atomic E-state index is 12.5. The Labute approximate surface area is 183 Å². The fraction of sp³-hybridized carbons (Fsp3) is 0.450. The number of aryl methyl sites for hydroxylation is 1. The number of hydrogen-bond acceptors (Lipinski definition) is 5. The first-order valence-corrected chi connectivity index (χ1v) is 10.2. The second-order valence-electron chi connectivity index (χ2n) is 7.02. The van der Waals surface area contributed by atoms with Crippen molar-refractivity contribution in [1.82, 2.24) is 20.2 Å². The number of hydrogen-bond donors (Lipinski definition) is 5. The van der Waals surface area contributed by atoms with E-state index < -0.39 is 24.7 Å². The van der Waals surface area contributed by atoms with Crippen LogP contribution in [0.1, 0.15) is 36.8 Å². The summed E-state index contributed by atoms with van der Waals surface area (Å²) in [6.07, 6.45) is -0.736. The lowest BCUT2D eigenvalue weighted by Crippen LogP contribution is -2.32. The van der Waals surface area contributed by atoms with E-state index in [2.05, 4.69) is 26.3 Å². The highest BCUT2D eigenvalue weighted by Crippen LogP contribution is 2.15. The van der Waals surface area contributed by atoms with Crippen LogP contribution in [0.4, 0.5) is 29.5 Å². The van der Waals surface area contributed by atoms with Crippen LogP contribution in [0.5, 0.6) is 5.75 Å². The molecule has 3 amide bonds. The maximum Gasteiger partial charge on any atom is 0.401 e. The van der Waals surface area contributed by atoms with Crippen molar-refractivity contribution in [1.29, 1.82) is 0 Å². The Morgan fingerprint density at radius 2 is 1.81 bits per heavy atom. The number of urea groups is 1. The first-order chi connectivity index (χ1) is 15.2. The number of nitrogens with one attached hydrogen (secondary N) is 4. The molecule has 12 heteroatoms. The molecule has 0 atom stereocenters. The van der Waals surface area contributed by atoms with Gasteiger partial charge in [-0.1, -0.05) is 13.3 Å². The highest BCUT2D eigenvalue weighted by atomic mass is 19.4. The molecule has 0 unspecified atom stereocenters. The number of nitrogens with zero attached hydrogens (tertiary/aromatic N) is 2. The number of rotatable bonds is 11. The van der Waals surface area contributed by atoms with Gasteiger partial charge in [-0.3, -0.25) is 10.1 Å². The van der Waals surface area contributed by atoms with E-state index in [9.17, 15) is 27.9 Å². The Balaban J connectivity index is 1.91. The molecule has 0 fully saturated rings. The van der Waals surface area contributed by atoms with Gasteiger partial charge in [0.1, 0.15) is 5.75 Å². The van der Waals surface area contributed by atoms with E-state index in [4.69, 9.17) is 0 Å². The van der Waals surface area contributed by atoms with Gasteiger partial charge in [0, 0.05) is 25.0 Å². The molecule has 0 saturated carbocycles. The van der Waals surface area contributed by atoms with Crippen LogP contribution in [-0.2, 0) is 6.54 Å². The topological polar surface area (TPSA) is 120 Å². The minimum absolute atomic E-state index is 0.0670. The monoisotopic (exact) mass is 456 g/mol. The molecule has 0 spiro atoms. The van der Waals surface area contributed by atoms with Gasteiger partial charge in [-0.2, -0.15) is 13.2 Å². The highest BCUT2D eigenvalue weighted by molar-refractivity contribution is 5.99. The molecule has 0 aliphatic heterocycles. The van der Waals surface area contributed by atoms with Crippen LogP contribution in [0.2, 0.25) is 0 Å². The van der Waals surface area contributed by atoms with Crippen LogP contribution in [0.3, 0.4) is 0 Å². The van der Waals surface area contributed by atoms with Crippen LogP contribution < -0.4 is 21.3 Å². The second-order valence-corrected chi connectivity index (χ2v) is 7.02. The summed E-state index contributed by atoms with van der Waals surface area (Å²) in [6.45, 7) is 1.71. The number of benzene rings is 1. The molecule has 1 aromatic carbocycles. The first kappa shape index (κ1) is 25.0. The Morgan fingerprint density at radius 1 is 1.09 bits per heavy atom. The molecule has 9 nitrogen and oxygen atoms in total. The van der Waals surface area contributed by atoms with Crippen molar-refractivity contribution < 1.29 is 27.9 Å². The Kier molecular flexibility index (Phi) is 9.32. The number of alkyl halides is 3. The summed E-state index contributed by atoms with van der Waals surface area (Å²) >= 11 is 0. The molecule has 5 N–H and O–H groups in total. The van der Waals surface area contributed by atoms with Gasteiger partial charge >= 0.3 is 12.2 Å². The van der Waals surface area contributed by atoms with Crippen LogP contribution in [-0.4, -0.2) is 52.4 Å². The van der Waals surface area contributed by atoms with Crippen molar-refractivity contribution in [2.24, 2.45) is 0 Å². The SMILES string of the molecule is CCCCn1cc(NC(=O)Nc2ccc(O)cc2)nc1C(=O)NCCCNCC(F)(F)F. The van der Waals surface area contributed by atoms with Crippen molar-refractivity contribution in [3.05, 3.63) is 36.3 Å². The van der Waals surface area contributed by atoms with Gasteiger partial charge < -0.3 is 25.6 Å². The summed E-state index contributed by atoms with van der Waals surface area (Å²) in [5.74, 6) is -0.141. The first-order valence-electron chi connectivity index (χ1n) is 10.2. The molecule has 0 saturated heterocycles. The third-order valence-electron chi connectivity index (χ3n) is 4.24. The Morgan fingerprint density at radius 3 is 2.47 bits per heavy atom. The van der Waals surface area contributed by atoms with Crippen molar-refractivity contribution in [3.63, 3.8) is 0 Å². The quantitative estimate of drug-likeness (QED) is 0.263. The summed E-state index contributed by atoms with van der Waals surface area (Å²) in [6, 6.07) is 5.33.